The molecule has 4 aromatic rings. The number of rotatable bonds is 6. The highest BCUT2D eigenvalue weighted by Gasteiger charge is 2.61. The molecular weight excluding hydrogens is 471 g/mol. The average Bonchev–Trinajstić information content (AvgIpc) is 2.84. The number of phenols is 1. The van der Waals surface area contributed by atoms with E-state index < -0.39 is 35.3 Å². The summed E-state index contributed by atoms with van der Waals surface area (Å²) in [5, 5.41) is 32.8. The zero-order valence-electron chi connectivity index (χ0n) is 19.7. The molecule has 0 aliphatic carbocycles. The fourth-order valence-electron chi connectivity index (χ4n) is 4.66. The number of pyridine rings is 1. The largest absolute Gasteiger partial charge is 0.508 e. The summed E-state index contributed by atoms with van der Waals surface area (Å²) in [6.45, 7) is 2.92. The molecule has 0 bridgehead atoms. The Bertz CT molecular complexity index is 1450. The van der Waals surface area contributed by atoms with Gasteiger partial charge in [0.05, 0.1) is 5.52 Å². The average molecular weight is 498 g/mol. The van der Waals surface area contributed by atoms with Crippen molar-refractivity contribution in [2.24, 2.45) is 0 Å². The molecule has 0 saturated heterocycles. The summed E-state index contributed by atoms with van der Waals surface area (Å²) < 4.78 is 44.2. The third-order valence-electron chi connectivity index (χ3n) is 6.56. The maximum absolute atomic E-state index is 14.5. The number of fused-ring (bicyclic) bond motifs is 1. The first-order valence-electron chi connectivity index (χ1n) is 11.3. The van der Waals surface area contributed by atoms with Crippen molar-refractivity contribution in [2.75, 3.05) is 0 Å². The van der Waals surface area contributed by atoms with Gasteiger partial charge in [-0.1, -0.05) is 62.4 Å². The van der Waals surface area contributed by atoms with Crippen molar-refractivity contribution >= 4 is 10.9 Å². The van der Waals surface area contributed by atoms with Gasteiger partial charge in [-0.05, 0) is 47.2 Å². The fourth-order valence-corrected chi connectivity index (χ4v) is 4.66. The highest BCUT2D eigenvalue weighted by Crippen LogP contribution is 2.48. The molecule has 2 atom stereocenters. The molecule has 0 spiro atoms. The summed E-state index contributed by atoms with van der Waals surface area (Å²) in [5.74, 6) is -0.229. The van der Waals surface area contributed by atoms with Crippen LogP contribution in [0.25, 0.3) is 22.0 Å². The van der Waals surface area contributed by atoms with Gasteiger partial charge in [-0.3, -0.25) is 4.79 Å². The summed E-state index contributed by atoms with van der Waals surface area (Å²) >= 11 is 0. The lowest BCUT2D eigenvalue weighted by molar-refractivity contribution is -0.310. The first kappa shape index (κ1) is 25.5. The van der Waals surface area contributed by atoms with E-state index in [0.29, 0.717) is 5.56 Å². The van der Waals surface area contributed by atoms with E-state index in [4.69, 9.17) is 0 Å². The van der Waals surface area contributed by atoms with Gasteiger partial charge in [-0.2, -0.15) is 13.2 Å². The van der Waals surface area contributed by atoms with E-state index in [1.165, 1.54) is 38.1 Å². The van der Waals surface area contributed by atoms with Crippen LogP contribution in [0.2, 0.25) is 0 Å². The minimum atomic E-state index is -5.25. The summed E-state index contributed by atoms with van der Waals surface area (Å²) in [6, 6.07) is 20.7. The van der Waals surface area contributed by atoms with Crippen molar-refractivity contribution in [3.8, 4) is 16.9 Å². The first-order chi connectivity index (χ1) is 16.8. The van der Waals surface area contributed by atoms with E-state index in [9.17, 15) is 33.3 Å². The first-order valence-corrected chi connectivity index (χ1v) is 11.3. The van der Waals surface area contributed by atoms with E-state index in [1.807, 2.05) is 30.3 Å². The number of hydrogen-bond donors (Lipinski definition) is 3. The summed E-state index contributed by atoms with van der Waals surface area (Å²) in [7, 11) is 0. The Morgan fingerprint density at radius 2 is 1.53 bits per heavy atom. The number of aromatic hydroxyl groups is 1. The van der Waals surface area contributed by atoms with Crippen LogP contribution in [0.5, 0.6) is 5.75 Å². The lowest BCUT2D eigenvalue weighted by Crippen LogP contribution is -2.55. The van der Waals surface area contributed by atoms with Crippen molar-refractivity contribution in [3.05, 3.63) is 101 Å². The lowest BCUT2D eigenvalue weighted by Gasteiger charge is -2.41. The van der Waals surface area contributed by atoms with E-state index in [2.05, 4.69) is 0 Å². The molecule has 0 aliphatic heterocycles. The van der Waals surface area contributed by atoms with Gasteiger partial charge in [0.1, 0.15) is 5.75 Å². The number of para-hydroxylation sites is 1. The topological polar surface area (TPSA) is 82.7 Å². The molecule has 4 rings (SSSR count). The van der Waals surface area contributed by atoms with Gasteiger partial charge in [0.15, 0.2) is 11.7 Å². The monoisotopic (exact) mass is 497 g/mol. The van der Waals surface area contributed by atoms with Gasteiger partial charge in [0, 0.05) is 23.2 Å². The van der Waals surface area contributed by atoms with E-state index in [1.54, 1.807) is 18.2 Å². The van der Waals surface area contributed by atoms with Crippen molar-refractivity contribution < 1.29 is 28.5 Å². The second-order valence-corrected chi connectivity index (χ2v) is 9.56. The van der Waals surface area contributed by atoms with Crippen LogP contribution < -0.4 is 5.43 Å². The zero-order valence-corrected chi connectivity index (χ0v) is 19.7. The zero-order chi connectivity index (χ0) is 26.3. The minimum Gasteiger partial charge on any atom is -0.508 e. The summed E-state index contributed by atoms with van der Waals surface area (Å²) in [4.78, 5) is 12.2. The molecule has 0 amide bonds. The third-order valence-corrected chi connectivity index (χ3v) is 6.56. The van der Waals surface area contributed by atoms with Gasteiger partial charge < -0.3 is 19.9 Å². The van der Waals surface area contributed by atoms with Crippen LogP contribution in [0.4, 0.5) is 13.2 Å². The number of hydrogen-bond acceptors (Lipinski definition) is 4. The highest BCUT2D eigenvalue weighted by atomic mass is 19.4. The van der Waals surface area contributed by atoms with E-state index in [0.717, 1.165) is 22.4 Å². The van der Waals surface area contributed by atoms with E-state index >= 15 is 0 Å². The Hall–Kier alpha value is -3.62. The van der Waals surface area contributed by atoms with Crippen molar-refractivity contribution in [2.45, 2.75) is 43.7 Å². The molecule has 3 aromatic carbocycles. The van der Waals surface area contributed by atoms with Crippen LogP contribution in [0.3, 0.4) is 0 Å². The normalized spacial score (nSPS) is 15.0. The number of aromatic nitrogens is 1. The molecular formula is C28H26F3NO4. The Balaban J connectivity index is 1.81. The predicted octanol–water partition coefficient (Wildman–Crippen LogP) is 5.53. The maximum atomic E-state index is 14.5. The molecule has 3 N–H and O–H groups in total. The number of nitrogens with zero attached hydrogens (tertiary/aromatic N) is 1. The van der Waals surface area contributed by atoms with Crippen LogP contribution in [-0.4, -0.2) is 31.7 Å². The van der Waals surface area contributed by atoms with Gasteiger partial charge >= 0.3 is 6.18 Å². The van der Waals surface area contributed by atoms with Crippen molar-refractivity contribution in [3.63, 3.8) is 0 Å². The molecule has 1 heterocycles. The van der Waals surface area contributed by atoms with Crippen LogP contribution in [0, 0.1) is 0 Å². The van der Waals surface area contributed by atoms with Gasteiger partial charge in [-0.15, -0.1) is 0 Å². The summed E-state index contributed by atoms with van der Waals surface area (Å²) in [5.41, 5.74) is -3.76. The van der Waals surface area contributed by atoms with Gasteiger partial charge in [0.25, 0.3) is 0 Å². The molecule has 2 unspecified atom stereocenters. The second-order valence-electron chi connectivity index (χ2n) is 9.56. The quantitative estimate of drug-likeness (QED) is 0.327. The van der Waals surface area contributed by atoms with Crippen LogP contribution in [0.15, 0.2) is 89.9 Å². The second kappa shape index (κ2) is 9.11. The van der Waals surface area contributed by atoms with Crippen molar-refractivity contribution in [1.29, 1.82) is 0 Å². The molecule has 188 valence electrons. The molecule has 8 heteroatoms. The third kappa shape index (κ3) is 4.50. The van der Waals surface area contributed by atoms with Gasteiger partial charge in [0.2, 0.25) is 5.60 Å². The molecule has 0 radical (unpaired) electrons. The summed E-state index contributed by atoms with van der Waals surface area (Å²) in [6.07, 6.45) is -7.66. The number of alkyl halides is 3. The van der Waals surface area contributed by atoms with Crippen LogP contribution >= 0.6 is 0 Å². The Kier molecular flexibility index (Phi) is 6.45. The van der Waals surface area contributed by atoms with Crippen LogP contribution in [0.1, 0.15) is 32.1 Å². The molecule has 36 heavy (non-hydrogen) atoms. The minimum absolute atomic E-state index is 0.0481. The van der Waals surface area contributed by atoms with Crippen molar-refractivity contribution in [1.82, 2.24) is 4.57 Å². The number of phenolic OH excluding ortho intramolecular Hbond substituents is 1. The number of halogens is 3. The van der Waals surface area contributed by atoms with Gasteiger partial charge in [-0.25, -0.2) is 0 Å². The molecule has 1 aromatic heterocycles. The molecule has 0 saturated carbocycles. The van der Waals surface area contributed by atoms with E-state index in [-0.39, 0.29) is 22.2 Å². The molecule has 0 aliphatic rings. The smallest absolute Gasteiger partial charge is 0.421 e. The fraction of sp³-hybridized carbons (Fsp3) is 0.250. The Morgan fingerprint density at radius 3 is 2.19 bits per heavy atom. The highest BCUT2D eigenvalue weighted by molar-refractivity contribution is 5.78. The Morgan fingerprint density at radius 1 is 0.889 bits per heavy atom. The number of aliphatic hydroxyl groups is 2. The molecule has 5 nitrogen and oxygen atoms in total. The number of benzene rings is 3. The maximum Gasteiger partial charge on any atom is 0.421 e. The molecule has 0 fully saturated rings. The SMILES string of the molecule is CC(C)(CC(O)(C(O)n1ccc(=O)c2ccccc21)C(F)(F)F)c1cc(-c2ccccc2)ccc1O. The number of aliphatic hydroxyl groups excluding tert-OH is 1. The lowest BCUT2D eigenvalue weighted by atomic mass is 9.73. The van der Waals surface area contributed by atoms with Crippen LogP contribution in [-0.2, 0) is 5.41 Å². The predicted molar refractivity (Wildman–Crippen MR) is 132 cm³/mol. The standard InChI is InChI=1S/C28H26F3NO4/c1-26(2,21-16-19(12-13-24(21)34)18-8-4-3-5-9-18)17-27(36,28(29,30)31)25(35)32-15-14-23(33)20-10-6-7-11-22(20)32/h3-16,25,34-36H,17H2,1-2H3. The Labute approximate surface area is 205 Å².